The lowest BCUT2D eigenvalue weighted by Gasteiger charge is -2.08. The van der Waals surface area contributed by atoms with Crippen molar-refractivity contribution in [3.05, 3.63) is 71.3 Å². The van der Waals surface area contributed by atoms with E-state index in [4.69, 9.17) is 22.1 Å². The van der Waals surface area contributed by atoms with Crippen LogP contribution in [0.1, 0.15) is 25.8 Å². The number of hydrogen-bond acceptors (Lipinski definition) is 5. The van der Waals surface area contributed by atoms with Crippen molar-refractivity contribution in [2.75, 3.05) is 6.61 Å². The van der Waals surface area contributed by atoms with E-state index in [9.17, 15) is 4.79 Å². The summed E-state index contributed by atoms with van der Waals surface area (Å²) in [5.41, 5.74) is 3.53. The van der Waals surface area contributed by atoms with Crippen molar-refractivity contribution in [3.63, 3.8) is 0 Å². The van der Waals surface area contributed by atoms with Crippen LogP contribution in [-0.2, 0) is 4.79 Å². The first-order valence-corrected chi connectivity index (χ1v) is 11.4. The Morgan fingerprint density at radius 2 is 1.90 bits per heavy atom. The van der Waals surface area contributed by atoms with Crippen molar-refractivity contribution in [1.82, 2.24) is 15.1 Å². The fraction of sp³-hybridized carbons (Fsp3) is 0.208. The molecule has 3 aromatic rings. The molecule has 1 fully saturated rings. The summed E-state index contributed by atoms with van der Waals surface area (Å²) in [6.07, 6.45) is 4.79. The molecule has 1 saturated heterocycles. The number of ether oxygens (including phenoxy) is 1. The molecule has 0 saturated carbocycles. The molecule has 0 unspecified atom stereocenters. The number of carbonyl (C=O) groups excluding carboxylic acids is 1. The van der Waals surface area contributed by atoms with Gasteiger partial charge < -0.3 is 10.1 Å². The lowest BCUT2D eigenvalue weighted by Crippen LogP contribution is -2.17. The van der Waals surface area contributed by atoms with Gasteiger partial charge in [-0.3, -0.25) is 4.79 Å². The zero-order valence-electron chi connectivity index (χ0n) is 17.4. The number of benzene rings is 2. The maximum absolute atomic E-state index is 12.2. The molecule has 5 nitrogen and oxygen atoms in total. The molecule has 0 bridgehead atoms. The highest BCUT2D eigenvalue weighted by atomic mass is 32.2. The molecule has 31 heavy (non-hydrogen) atoms. The molecule has 158 valence electrons. The molecule has 7 heteroatoms. The van der Waals surface area contributed by atoms with Gasteiger partial charge in [0.1, 0.15) is 10.1 Å². The van der Waals surface area contributed by atoms with Gasteiger partial charge in [-0.25, -0.2) is 4.68 Å². The number of amides is 1. The lowest BCUT2D eigenvalue weighted by atomic mass is 10.1. The molecular weight excluding hydrogens is 426 g/mol. The van der Waals surface area contributed by atoms with E-state index in [1.807, 2.05) is 71.6 Å². The summed E-state index contributed by atoms with van der Waals surface area (Å²) in [6, 6.07) is 17.8. The molecule has 1 N–H and O–H groups in total. The highest BCUT2D eigenvalue weighted by Gasteiger charge is 2.23. The Morgan fingerprint density at radius 1 is 1.16 bits per heavy atom. The third kappa shape index (κ3) is 5.24. The van der Waals surface area contributed by atoms with Gasteiger partial charge in [-0.1, -0.05) is 56.0 Å². The van der Waals surface area contributed by atoms with Crippen LogP contribution < -0.4 is 10.1 Å². The second-order valence-corrected chi connectivity index (χ2v) is 9.34. The molecule has 1 amide bonds. The molecule has 4 rings (SSSR count). The number of nitrogens with one attached hydrogen (secondary N) is 1. The highest BCUT2D eigenvalue weighted by Crippen LogP contribution is 2.31. The van der Waals surface area contributed by atoms with E-state index in [-0.39, 0.29) is 5.91 Å². The number of aromatic nitrogens is 2. The normalized spacial score (nSPS) is 15.0. The molecule has 0 radical (unpaired) electrons. The second-order valence-electron chi connectivity index (χ2n) is 7.62. The van der Waals surface area contributed by atoms with Crippen molar-refractivity contribution < 1.29 is 9.53 Å². The van der Waals surface area contributed by atoms with Gasteiger partial charge in [0.2, 0.25) is 0 Å². The number of nitrogens with zero attached hydrogens (tertiary/aromatic N) is 2. The van der Waals surface area contributed by atoms with Crippen LogP contribution in [0.5, 0.6) is 5.75 Å². The van der Waals surface area contributed by atoms with Crippen molar-refractivity contribution in [1.29, 1.82) is 0 Å². The minimum Gasteiger partial charge on any atom is -0.494 e. The average molecular weight is 450 g/mol. The lowest BCUT2D eigenvalue weighted by molar-refractivity contribution is -0.115. The molecule has 0 spiro atoms. The van der Waals surface area contributed by atoms with Gasteiger partial charge in [-0.05, 0) is 54.8 Å². The fourth-order valence-corrected chi connectivity index (χ4v) is 4.15. The van der Waals surface area contributed by atoms with E-state index in [1.54, 1.807) is 0 Å². The van der Waals surface area contributed by atoms with E-state index in [1.165, 1.54) is 11.8 Å². The number of carbonyl (C=O) groups is 1. The fourth-order valence-electron chi connectivity index (χ4n) is 3.11. The third-order valence-corrected chi connectivity index (χ3v) is 5.95. The number of rotatable bonds is 7. The Labute approximate surface area is 191 Å². The summed E-state index contributed by atoms with van der Waals surface area (Å²) in [7, 11) is 0. The Bertz CT molecular complexity index is 1120. The molecule has 1 aromatic heterocycles. The molecule has 1 aliphatic rings. The second kappa shape index (κ2) is 9.49. The largest absolute Gasteiger partial charge is 0.494 e. The number of thiocarbonyl (C=S) groups is 1. The highest BCUT2D eigenvalue weighted by molar-refractivity contribution is 8.26. The van der Waals surface area contributed by atoms with Gasteiger partial charge in [0.05, 0.1) is 22.9 Å². The predicted molar refractivity (Wildman–Crippen MR) is 130 cm³/mol. The van der Waals surface area contributed by atoms with E-state index in [2.05, 4.69) is 19.2 Å². The van der Waals surface area contributed by atoms with Crippen molar-refractivity contribution in [3.8, 4) is 22.7 Å². The Balaban J connectivity index is 1.67. The van der Waals surface area contributed by atoms with Crippen LogP contribution in [0.4, 0.5) is 0 Å². The van der Waals surface area contributed by atoms with Gasteiger partial charge >= 0.3 is 0 Å². The summed E-state index contributed by atoms with van der Waals surface area (Å²) in [6.45, 7) is 5.06. The minimum atomic E-state index is -0.178. The number of para-hydroxylation sites is 1. The van der Waals surface area contributed by atoms with Crippen LogP contribution in [0, 0.1) is 5.92 Å². The third-order valence-electron chi connectivity index (χ3n) is 4.78. The molecule has 0 atom stereocenters. The van der Waals surface area contributed by atoms with Gasteiger partial charge in [0.25, 0.3) is 5.91 Å². The molecule has 2 heterocycles. The van der Waals surface area contributed by atoms with Crippen molar-refractivity contribution >= 4 is 40.3 Å². The summed E-state index contributed by atoms with van der Waals surface area (Å²) < 4.78 is 8.13. The minimum absolute atomic E-state index is 0.178. The smallest absolute Gasteiger partial charge is 0.263 e. The number of hydrogen-bond donors (Lipinski definition) is 1. The van der Waals surface area contributed by atoms with E-state index in [0.29, 0.717) is 21.8 Å². The first-order chi connectivity index (χ1) is 15.0. The predicted octanol–water partition coefficient (Wildman–Crippen LogP) is 5.45. The molecule has 1 aliphatic heterocycles. The summed E-state index contributed by atoms with van der Waals surface area (Å²) in [5.74, 6) is 1.26. The van der Waals surface area contributed by atoms with E-state index >= 15 is 0 Å². The summed E-state index contributed by atoms with van der Waals surface area (Å²) in [4.78, 5) is 12.7. The molecule has 2 aromatic carbocycles. The summed E-state index contributed by atoms with van der Waals surface area (Å²) in [5, 5.41) is 7.47. The van der Waals surface area contributed by atoms with Crippen molar-refractivity contribution in [2.45, 2.75) is 20.3 Å². The maximum atomic E-state index is 12.2. The zero-order valence-corrected chi connectivity index (χ0v) is 19.0. The van der Waals surface area contributed by atoms with Crippen LogP contribution in [0.25, 0.3) is 23.0 Å². The Morgan fingerprint density at radius 3 is 2.55 bits per heavy atom. The maximum Gasteiger partial charge on any atom is 0.263 e. The van der Waals surface area contributed by atoms with Crippen LogP contribution in [-0.4, -0.2) is 26.6 Å². The number of thioether (sulfide) groups is 1. The standard InChI is InChI=1S/C24H23N3O2S2/c1-16(2)12-13-29-20-10-8-17(9-11-20)22-18(14-21-23(28)25-24(30)31-21)15-27(26-22)19-6-4-3-5-7-19/h3-11,14-16H,12-13H2,1-2H3,(H,25,28,30)/b21-14-. The van der Waals surface area contributed by atoms with E-state index in [0.717, 1.165) is 34.7 Å². The van der Waals surface area contributed by atoms with Crippen LogP contribution in [0.15, 0.2) is 65.7 Å². The SMILES string of the molecule is CC(C)CCOc1ccc(-c2nn(-c3ccccc3)cc2/C=C2\SC(=S)NC2=O)cc1. The van der Waals surface area contributed by atoms with Gasteiger partial charge in [-0.2, -0.15) is 5.10 Å². The van der Waals surface area contributed by atoms with Gasteiger partial charge in [0.15, 0.2) is 0 Å². The monoisotopic (exact) mass is 449 g/mol. The summed E-state index contributed by atoms with van der Waals surface area (Å²) >= 11 is 6.38. The van der Waals surface area contributed by atoms with Crippen LogP contribution >= 0.6 is 24.0 Å². The van der Waals surface area contributed by atoms with Crippen LogP contribution in [0.3, 0.4) is 0 Å². The van der Waals surface area contributed by atoms with Crippen molar-refractivity contribution in [2.24, 2.45) is 5.92 Å². The first-order valence-electron chi connectivity index (χ1n) is 10.1. The topological polar surface area (TPSA) is 56.1 Å². The first kappa shape index (κ1) is 21.3. The van der Waals surface area contributed by atoms with Gasteiger partial charge in [0, 0.05) is 17.3 Å². The van der Waals surface area contributed by atoms with E-state index < -0.39 is 0 Å². The Kier molecular flexibility index (Phi) is 6.53. The zero-order chi connectivity index (χ0) is 21.8. The van der Waals surface area contributed by atoms with Gasteiger partial charge in [-0.15, -0.1) is 0 Å². The van der Waals surface area contributed by atoms with Crippen LogP contribution in [0.2, 0.25) is 0 Å². The molecular formula is C24H23N3O2S2. The quantitative estimate of drug-likeness (QED) is 0.384. The Hall–Kier alpha value is -2.90. The average Bonchev–Trinajstić information content (AvgIpc) is 3.32. The molecule has 0 aliphatic carbocycles.